The van der Waals surface area contributed by atoms with Crippen LogP contribution >= 0.6 is 0 Å². The first-order valence-electron chi connectivity index (χ1n) is 22.5. The Balaban J connectivity index is 1.11. The maximum atomic E-state index is 4.78. The van der Waals surface area contributed by atoms with E-state index in [1.807, 2.05) is 12.3 Å². The highest BCUT2D eigenvalue weighted by atomic mass is 15.2. The minimum absolute atomic E-state index is 0.156. The number of anilines is 6. The standard InChI is InChI=1S/C62H43N3/c1-62(2)54-25-13-11-24-48(54)49-30-29-43(38-55(49)62)65(57-26-14-12-21-45(57)40-16-5-3-6-17-40)59-36-34-51-47-23-10-9-22-46(47)50-33-35-58(52-31-32-53(59)61(51)60(50)52)64(42-19-7-4-8-20-42)44-28-27-41-18-15-37-63-56(41)39-44/h3-39H,1-2H3. The van der Waals surface area contributed by atoms with Crippen molar-refractivity contribution >= 4 is 88.1 Å². The van der Waals surface area contributed by atoms with Crippen LogP contribution in [0, 0.1) is 0 Å². The molecular formula is C62H43N3. The van der Waals surface area contributed by atoms with Crippen molar-refractivity contribution in [3.8, 4) is 22.3 Å². The Morgan fingerprint density at radius 1 is 0.354 bits per heavy atom. The molecule has 1 heterocycles. The Morgan fingerprint density at radius 2 is 0.923 bits per heavy atom. The van der Waals surface area contributed by atoms with Gasteiger partial charge in [0.25, 0.3) is 0 Å². The number of benzene rings is 11. The second-order valence-corrected chi connectivity index (χ2v) is 17.9. The molecule has 0 unspecified atom stereocenters. The predicted molar refractivity (Wildman–Crippen MR) is 275 cm³/mol. The highest BCUT2D eigenvalue weighted by Crippen LogP contribution is 2.54. The van der Waals surface area contributed by atoms with Gasteiger partial charge in [-0.05, 0) is 110 Å². The SMILES string of the molecule is CC1(C)c2ccccc2-c2ccc(N(c3ccccc3-c3ccccc3)c3ccc4c5ccccc5c5ccc(N(c6ccccc6)c6ccc7cccnc7c6)c6ccc3c4c65)cc21. The largest absolute Gasteiger partial charge is 0.310 e. The first-order chi connectivity index (χ1) is 32.0. The Kier molecular flexibility index (Phi) is 8.25. The molecule has 13 rings (SSSR count). The van der Waals surface area contributed by atoms with Crippen LogP contribution < -0.4 is 9.80 Å². The lowest BCUT2D eigenvalue weighted by Crippen LogP contribution is -2.17. The number of hydrogen-bond donors (Lipinski definition) is 0. The summed E-state index contributed by atoms with van der Waals surface area (Å²) in [5.74, 6) is 0. The molecule has 0 saturated heterocycles. The van der Waals surface area contributed by atoms with E-state index in [1.165, 1.54) is 76.5 Å². The molecule has 3 heteroatoms. The third kappa shape index (κ3) is 5.65. The van der Waals surface area contributed by atoms with Crippen LogP contribution in [0.25, 0.3) is 76.2 Å². The summed E-state index contributed by atoms with van der Waals surface area (Å²) >= 11 is 0. The van der Waals surface area contributed by atoms with Crippen molar-refractivity contribution in [2.45, 2.75) is 19.3 Å². The van der Waals surface area contributed by atoms with Gasteiger partial charge in [-0.25, -0.2) is 0 Å². The van der Waals surface area contributed by atoms with Gasteiger partial charge in [-0.15, -0.1) is 0 Å². The third-order valence-electron chi connectivity index (χ3n) is 14.0. The van der Waals surface area contributed by atoms with E-state index in [4.69, 9.17) is 4.98 Å². The van der Waals surface area contributed by atoms with Gasteiger partial charge in [0.1, 0.15) is 0 Å². The average molecular weight is 830 g/mol. The van der Waals surface area contributed by atoms with Crippen LogP contribution in [0.3, 0.4) is 0 Å². The van der Waals surface area contributed by atoms with Crippen molar-refractivity contribution < 1.29 is 0 Å². The molecule has 1 aliphatic carbocycles. The summed E-state index contributed by atoms with van der Waals surface area (Å²) in [5, 5.41) is 11.0. The number of para-hydroxylation sites is 2. The molecule has 0 amide bonds. The lowest BCUT2D eigenvalue weighted by Gasteiger charge is -2.32. The summed E-state index contributed by atoms with van der Waals surface area (Å²) in [5.41, 5.74) is 15.2. The molecule has 0 N–H and O–H groups in total. The fourth-order valence-corrected chi connectivity index (χ4v) is 11.0. The molecule has 65 heavy (non-hydrogen) atoms. The average Bonchev–Trinajstić information content (AvgIpc) is 3.60. The smallest absolute Gasteiger partial charge is 0.0722 e. The molecule has 0 fully saturated rings. The van der Waals surface area contributed by atoms with Gasteiger partial charge in [-0.2, -0.15) is 0 Å². The highest BCUT2D eigenvalue weighted by molar-refractivity contribution is 6.36. The minimum Gasteiger partial charge on any atom is -0.310 e. The maximum absolute atomic E-state index is 4.78. The molecule has 0 aliphatic heterocycles. The van der Waals surface area contributed by atoms with Crippen LogP contribution in [0.2, 0.25) is 0 Å². The van der Waals surface area contributed by atoms with E-state index < -0.39 is 0 Å². The zero-order valence-electron chi connectivity index (χ0n) is 36.2. The Hall–Kier alpha value is -8.27. The van der Waals surface area contributed by atoms with Gasteiger partial charge in [-0.1, -0.05) is 172 Å². The van der Waals surface area contributed by atoms with Gasteiger partial charge in [0, 0.05) is 61.2 Å². The molecule has 0 spiro atoms. The minimum atomic E-state index is -0.156. The predicted octanol–water partition coefficient (Wildman–Crippen LogP) is 17.2. The van der Waals surface area contributed by atoms with Gasteiger partial charge in [0.15, 0.2) is 0 Å². The van der Waals surface area contributed by atoms with Crippen molar-refractivity contribution in [3.05, 3.63) is 236 Å². The molecule has 0 atom stereocenters. The monoisotopic (exact) mass is 829 g/mol. The summed E-state index contributed by atoms with van der Waals surface area (Å²) < 4.78 is 0. The van der Waals surface area contributed by atoms with Crippen molar-refractivity contribution in [2.75, 3.05) is 9.80 Å². The molecule has 306 valence electrons. The van der Waals surface area contributed by atoms with E-state index >= 15 is 0 Å². The fraction of sp³-hybridized carbons (Fsp3) is 0.0484. The summed E-state index contributed by atoms with van der Waals surface area (Å²) in [7, 11) is 0. The van der Waals surface area contributed by atoms with Crippen molar-refractivity contribution in [2.24, 2.45) is 0 Å². The quantitative estimate of drug-likeness (QED) is 0.118. The van der Waals surface area contributed by atoms with E-state index in [1.54, 1.807) is 0 Å². The second-order valence-electron chi connectivity index (χ2n) is 17.9. The number of nitrogens with zero attached hydrogens (tertiary/aromatic N) is 3. The molecule has 12 aromatic rings. The zero-order chi connectivity index (χ0) is 43.2. The highest BCUT2D eigenvalue weighted by Gasteiger charge is 2.36. The Labute approximate surface area is 378 Å². The summed E-state index contributed by atoms with van der Waals surface area (Å²) in [6, 6.07) is 80.3. The third-order valence-corrected chi connectivity index (χ3v) is 14.0. The Morgan fingerprint density at radius 3 is 1.66 bits per heavy atom. The van der Waals surface area contributed by atoms with Gasteiger partial charge in [-0.3, -0.25) is 4.98 Å². The first kappa shape index (κ1) is 37.3. The first-order valence-corrected chi connectivity index (χ1v) is 22.5. The van der Waals surface area contributed by atoms with Gasteiger partial charge < -0.3 is 9.80 Å². The van der Waals surface area contributed by atoms with Gasteiger partial charge in [0.05, 0.1) is 22.6 Å². The topological polar surface area (TPSA) is 19.4 Å². The van der Waals surface area contributed by atoms with E-state index in [0.29, 0.717) is 0 Å². The van der Waals surface area contributed by atoms with Crippen molar-refractivity contribution in [1.82, 2.24) is 4.98 Å². The maximum Gasteiger partial charge on any atom is 0.0722 e. The lowest BCUT2D eigenvalue weighted by atomic mass is 9.82. The lowest BCUT2D eigenvalue weighted by molar-refractivity contribution is 0.660. The van der Waals surface area contributed by atoms with Crippen LogP contribution in [-0.2, 0) is 5.41 Å². The number of rotatable bonds is 7. The van der Waals surface area contributed by atoms with Crippen molar-refractivity contribution in [3.63, 3.8) is 0 Å². The Bertz CT molecular complexity index is 3820. The molecule has 11 aromatic carbocycles. The van der Waals surface area contributed by atoms with E-state index in [0.717, 1.165) is 45.0 Å². The molecule has 0 bridgehead atoms. The molecule has 1 aromatic heterocycles. The van der Waals surface area contributed by atoms with Gasteiger partial charge >= 0.3 is 0 Å². The summed E-state index contributed by atoms with van der Waals surface area (Å²) in [6.07, 6.45) is 1.88. The van der Waals surface area contributed by atoms with Crippen LogP contribution in [-0.4, -0.2) is 4.98 Å². The van der Waals surface area contributed by atoms with E-state index in [9.17, 15) is 0 Å². The summed E-state index contributed by atoms with van der Waals surface area (Å²) in [4.78, 5) is 9.70. The van der Waals surface area contributed by atoms with Crippen LogP contribution in [0.1, 0.15) is 25.0 Å². The molecule has 0 radical (unpaired) electrons. The van der Waals surface area contributed by atoms with E-state index in [2.05, 4.69) is 236 Å². The van der Waals surface area contributed by atoms with Gasteiger partial charge in [0.2, 0.25) is 0 Å². The molecular weight excluding hydrogens is 787 g/mol. The fourth-order valence-electron chi connectivity index (χ4n) is 11.0. The zero-order valence-corrected chi connectivity index (χ0v) is 36.2. The van der Waals surface area contributed by atoms with Crippen LogP contribution in [0.15, 0.2) is 225 Å². The summed E-state index contributed by atoms with van der Waals surface area (Å²) in [6.45, 7) is 4.74. The van der Waals surface area contributed by atoms with E-state index in [-0.39, 0.29) is 5.41 Å². The second kappa shape index (κ2) is 14.4. The number of hydrogen-bond acceptors (Lipinski definition) is 3. The number of pyridine rings is 1. The van der Waals surface area contributed by atoms with Crippen LogP contribution in [0.4, 0.5) is 34.1 Å². The molecule has 0 saturated carbocycles. The molecule has 3 nitrogen and oxygen atoms in total. The number of aromatic nitrogens is 1. The van der Waals surface area contributed by atoms with Crippen LogP contribution in [0.5, 0.6) is 0 Å². The van der Waals surface area contributed by atoms with Crippen molar-refractivity contribution in [1.29, 1.82) is 0 Å². The number of fused-ring (bicyclic) bond motifs is 7. The normalized spacial score (nSPS) is 12.9. The molecule has 1 aliphatic rings.